The van der Waals surface area contributed by atoms with Crippen molar-refractivity contribution < 1.29 is 19.4 Å². The number of nitrogens with zero attached hydrogens (tertiary/aromatic N) is 1. The Hall–Kier alpha value is -1.07. The molecule has 0 aromatic carbocycles. The fourth-order valence-electron chi connectivity index (χ4n) is 5.28. The Morgan fingerprint density at radius 2 is 1.15 bits per heavy atom. The predicted octanol–water partition coefficient (Wildman–Crippen LogP) is 9.75. The van der Waals surface area contributed by atoms with Crippen LogP contribution < -0.4 is 0 Å². The lowest BCUT2D eigenvalue weighted by Crippen LogP contribution is -2.29. The van der Waals surface area contributed by atoms with Crippen molar-refractivity contribution in [2.75, 3.05) is 32.8 Å². The van der Waals surface area contributed by atoms with Gasteiger partial charge in [0.05, 0.1) is 19.0 Å². The molecule has 0 bridgehead atoms. The van der Waals surface area contributed by atoms with Crippen LogP contribution in [0.3, 0.4) is 0 Å². The van der Waals surface area contributed by atoms with E-state index in [0.717, 1.165) is 89.8 Å². The zero-order valence-corrected chi connectivity index (χ0v) is 27.2. The molecule has 0 aromatic heterocycles. The van der Waals surface area contributed by atoms with E-state index >= 15 is 0 Å². The van der Waals surface area contributed by atoms with Crippen molar-refractivity contribution in [1.29, 1.82) is 0 Å². The third-order valence-electron chi connectivity index (χ3n) is 7.80. The standard InChI is InChI=1S/C35H69NO4/c1-5-7-9-11-14-19-25-34(26-20-15-12-10-8-6-2)40-35(38)27-21-16-13-17-22-28-36(30-31-37)29-23-18-24-32-39-33(3)4/h34,37H,3,5-32H2,1-2,4H3. The first-order valence-electron chi connectivity index (χ1n) is 17.3. The minimum Gasteiger partial charge on any atom is -0.499 e. The maximum absolute atomic E-state index is 12.6. The van der Waals surface area contributed by atoms with Crippen molar-refractivity contribution in [2.45, 2.75) is 175 Å². The van der Waals surface area contributed by atoms with Crippen molar-refractivity contribution in [3.63, 3.8) is 0 Å². The number of aliphatic hydroxyl groups excluding tert-OH is 1. The van der Waals surface area contributed by atoms with Crippen LogP contribution in [0.2, 0.25) is 0 Å². The van der Waals surface area contributed by atoms with Gasteiger partial charge in [-0.15, -0.1) is 0 Å². The largest absolute Gasteiger partial charge is 0.499 e. The minimum absolute atomic E-state index is 0.0183. The van der Waals surface area contributed by atoms with Gasteiger partial charge in [-0.3, -0.25) is 4.79 Å². The van der Waals surface area contributed by atoms with Gasteiger partial charge in [-0.1, -0.05) is 104 Å². The second-order valence-corrected chi connectivity index (χ2v) is 11.9. The zero-order valence-electron chi connectivity index (χ0n) is 27.2. The number of hydrogen-bond acceptors (Lipinski definition) is 5. The van der Waals surface area contributed by atoms with Crippen molar-refractivity contribution >= 4 is 5.97 Å². The average molecular weight is 568 g/mol. The smallest absolute Gasteiger partial charge is 0.306 e. The van der Waals surface area contributed by atoms with Gasteiger partial charge in [-0.25, -0.2) is 0 Å². The van der Waals surface area contributed by atoms with E-state index in [2.05, 4.69) is 25.3 Å². The van der Waals surface area contributed by atoms with E-state index in [4.69, 9.17) is 9.47 Å². The maximum Gasteiger partial charge on any atom is 0.306 e. The summed E-state index contributed by atoms with van der Waals surface area (Å²) in [6, 6.07) is 0. The van der Waals surface area contributed by atoms with Crippen molar-refractivity contribution in [3.05, 3.63) is 12.3 Å². The van der Waals surface area contributed by atoms with Crippen LogP contribution >= 0.6 is 0 Å². The van der Waals surface area contributed by atoms with Crippen molar-refractivity contribution in [1.82, 2.24) is 4.90 Å². The summed E-state index contributed by atoms with van der Waals surface area (Å²) < 4.78 is 11.4. The quantitative estimate of drug-likeness (QED) is 0.0498. The number of allylic oxidation sites excluding steroid dienone is 1. The molecule has 0 saturated heterocycles. The normalized spacial score (nSPS) is 11.4. The summed E-state index contributed by atoms with van der Waals surface area (Å²) in [5.74, 6) is 0.805. The topological polar surface area (TPSA) is 59.0 Å². The molecule has 0 atom stereocenters. The first-order chi connectivity index (χ1) is 19.5. The molecule has 0 fully saturated rings. The summed E-state index contributed by atoms with van der Waals surface area (Å²) in [5, 5.41) is 9.39. The van der Waals surface area contributed by atoms with Crippen LogP contribution in [-0.4, -0.2) is 54.9 Å². The van der Waals surface area contributed by atoms with Crippen LogP contribution in [0.4, 0.5) is 0 Å². The lowest BCUT2D eigenvalue weighted by Gasteiger charge is -2.21. The summed E-state index contributed by atoms with van der Waals surface area (Å²) >= 11 is 0. The molecule has 5 heteroatoms. The van der Waals surface area contributed by atoms with Crippen molar-refractivity contribution in [2.24, 2.45) is 0 Å². The molecule has 0 aromatic rings. The number of rotatable bonds is 32. The Kier molecular flexibility index (Phi) is 30.1. The second kappa shape index (κ2) is 30.9. The molecule has 0 heterocycles. The Morgan fingerprint density at radius 3 is 1.68 bits per heavy atom. The molecule has 0 saturated carbocycles. The molecule has 1 N–H and O–H groups in total. The molecule has 0 radical (unpaired) electrons. The van der Waals surface area contributed by atoms with E-state index in [9.17, 15) is 9.90 Å². The molecule has 0 spiro atoms. The van der Waals surface area contributed by atoms with Gasteiger partial charge < -0.3 is 19.5 Å². The van der Waals surface area contributed by atoms with E-state index in [1.807, 2.05) is 6.92 Å². The number of hydrogen-bond donors (Lipinski definition) is 1. The maximum atomic E-state index is 12.6. The van der Waals surface area contributed by atoms with Gasteiger partial charge in [0, 0.05) is 13.0 Å². The number of ether oxygens (including phenoxy) is 2. The van der Waals surface area contributed by atoms with Crippen LogP contribution in [0.5, 0.6) is 0 Å². The van der Waals surface area contributed by atoms with Crippen LogP contribution in [0.25, 0.3) is 0 Å². The molecule has 0 rings (SSSR count). The monoisotopic (exact) mass is 568 g/mol. The van der Waals surface area contributed by atoms with Gasteiger partial charge in [0.2, 0.25) is 0 Å². The van der Waals surface area contributed by atoms with E-state index in [0.29, 0.717) is 6.42 Å². The number of esters is 1. The number of aliphatic hydroxyl groups is 1. The molecule has 40 heavy (non-hydrogen) atoms. The fourth-order valence-corrected chi connectivity index (χ4v) is 5.28. The first-order valence-corrected chi connectivity index (χ1v) is 17.3. The van der Waals surface area contributed by atoms with E-state index in [1.165, 1.54) is 83.5 Å². The van der Waals surface area contributed by atoms with E-state index in [-0.39, 0.29) is 18.7 Å². The fraction of sp³-hybridized carbons (Fsp3) is 0.914. The van der Waals surface area contributed by atoms with Gasteiger partial charge in [0.25, 0.3) is 0 Å². The highest BCUT2D eigenvalue weighted by Gasteiger charge is 2.14. The highest BCUT2D eigenvalue weighted by Crippen LogP contribution is 2.18. The third-order valence-corrected chi connectivity index (χ3v) is 7.80. The van der Waals surface area contributed by atoms with Crippen LogP contribution in [-0.2, 0) is 14.3 Å². The lowest BCUT2D eigenvalue weighted by atomic mass is 10.0. The number of unbranched alkanes of at least 4 members (excludes halogenated alkanes) is 16. The Labute approximate surface area is 249 Å². The average Bonchev–Trinajstić information content (AvgIpc) is 2.93. The Balaban J connectivity index is 4.05. The molecule has 0 aliphatic heterocycles. The SMILES string of the molecule is C=C(C)OCCCCCN(CCO)CCCCCCCC(=O)OC(CCCCCCCC)CCCCCCCC. The van der Waals surface area contributed by atoms with Crippen LogP contribution in [0.1, 0.15) is 168 Å². The summed E-state index contributed by atoms with van der Waals surface area (Å²) in [6.07, 6.45) is 27.1. The summed E-state index contributed by atoms with van der Waals surface area (Å²) in [4.78, 5) is 15.0. The molecule has 238 valence electrons. The molecule has 5 nitrogen and oxygen atoms in total. The lowest BCUT2D eigenvalue weighted by molar-refractivity contribution is -0.150. The summed E-state index contributed by atoms with van der Waals surface area (Å²) in [6.45, 7) is 14.0. The first kappa shape index (κ1) is 38.9. The molecule has 0 amide bonds. The highest BCUT2D eigenvalue weighted by atomic mass is 16.5. The Bertz CT molecular complexity index is 538. The zero-order chi connectivity index (χ0) is 29.5. The van der Waals surface area contributed by atoms with Gasteiger partial charge in [0.1, 0.15) is 6.10 Å². The van der Waals surface area contributed by atoms with Crippen LogP contribution in [0, 0.1) is 0 Å². The molecular weight excluding hydrogens is 498 g/mol. The number of carbonyl (C=O) groups excluding carboxylic acids is 1. The van der Waals surface area contributed by atoms with Gasteiger partial charge in [-0.05, 0) is 77.8 Å². The number of carbonyl (C=O) groups is 1. The van der Waals surface area contributed by atoms with Gasteiger partial charge in [0.15, 0.2) is 0 Å². The van der Waals surface area contributed by atoms with Crippen LogP contribution in [0.15, 0.2) is 12.3 Å². The predicted molar refractivity (Wildman–Crippen MR) is 172 cm³/mol. The van der Waals surface area contributed by atoms with E-state index < -0.39 is 0 Å². The molecule has 0 aliphatic rings. The van der Waals surface area contributed by atoms with Gasteiger partial charge >= 0.3 is 5.97 Å². The third kappa shape index (κ3) is 28.5. The minimum atomic E-state index is 0.0183. The molecule has 0 unspecified atom stereocenters. The molecular formula is C35H69NO4. The second-order valence-electron chi connectivity index (χ2n) is 11.9. The van der Waals surface area contributed by atoms with Gasteiger partial charge in [-0.2, -0.15) is 0 Å². The van der Waals surface area contributed by atoms with E-state index in [1.54, 1.807) is 0 Å². The Morgan fingerprint density at radius 1 is 0.675 bits per heavy atom. The molecule has 0 aliphatic carbocycles. The summed E-state index contributed by atoms with van der Waals surface area (Å²) in [7, 11) is 0. The van der Waals surface area contributed by atoms with Crippen molar-refractivity contribution in [3.8, 4) is 0 Å². The highest BCUT2D eigenvalue weighted by molar-refractivity contribution is 5.69. The summed E-state index contributed by atoms with van der Waals surface area (Å²) in [5.41, 5.74) is 0.